The van der Waals surface area contributed by atoms with Crippen molar-refractivity contribution in [1.82, 2.24) is 4.90 Å². The van der Waals surface area contributed by atoms with Crippen LogP contribution in [0.15, 0.2) is 48.5 Å². The lowest BCUT2D eigenvalue weighted by Crippen LogP contribution is -2.43. The molecule has 1 heterocycles. The summed E-state index contributed by atoms with van der Waals surface area (Å²) in [7, 11) is 0. The lowest BCUT2D eigenvalue weighted by atomic mass is 10.1. The second kappa shape index (κ2) is 9.10. The Morgan fingerprint density at radius 3 is 2.29 bits per heavy atom. The van der Waals surface area contributed by atoms with Crippen LogP contribution in [0.1, 0.15) is 44.6 Å². The van der Waals surface area contributed by atoms with Crippen LogP contribution in [0.4, 0.5) is 16.2 Å². The number of carbonyl (C=O) groups excluding carboxylic acids is 3. The van der Waals surface area contributed by atoms with Gasteiger partial charge in [-0.05, 0) is 61.2 Å². The SMILES string of the molecule is CCc1ccc(NC(=O)C[C@@H]2C(=O)N(c3ccc(Cl)cc3)C(=O)N2C2CCCC2)cc1. The Balaban J connectivity index is 1.55. The average Bonchev–Trinajstić information content (AvgIpc) is 3.36. The van der Waals surface area contributed by atoms with Gasteiger partial charge in [-0.15, -0.1) is 0 Å². The molecule has 1 aliphatic heterocycles. The van der Waals surface area contributed by atoms with E-state index in [1.807, 2.05) is 24.3 Å². The Hall–Kier alpha value is -2.86. The molecule has 162 valence electrons. The molecular weight excluding hydrogens is 414 g/mol. The van der Waals surface area contributed by atoms with Crippen molar-refractivity contribution >= 4 is 40.8 Å². The van der Waals surface area contributed by atoms with Crippen molar-refractivity contribution in [2.24, 2.45) is 0 Å². The number of carbonyl (C=O) groups is 3. The Morgan fingerprint density at radius 2 is 1.68 bits per heavy atom. The molecule has 1 N–H and O–H groups in total. The summed E-state index contributed by atoms with van der Waals surface area (Å²) in [6, 6.07) is 13.1. The van der Waals surface area contributed by atoms with E-state index >= 15 is 0 Å². The van der Waals surface area contributed by atoms with Crippen LogP contribution in [0.5, 0.6) is 0 Å². The highest BCUT2D eigenvalue weighted by Crippen LogP contribution is 2.34. The van der Waals surface area contributed by atoms with E-state index in [0.29, 0.717) is 16.4 Å². The number of hydrogen-bond acceptors (Lipinski definition) is 3. The van der Waals surface area contributed by atoms with Gasteiger partial charge in [0.2, 0.25) is 5.91 Å². The number of halogens is 1. The van der Waals surface area contributed by atoms with E-state index in [1.54, 1.807) is 29.2 Å². The molecule has 6 nitrogen and oxygen atoms in total. The van der Waals surface area contributed by atoms with Crippen molar-refractivity contribution in [2.75, 3.05) is 10.2 Å². The van der Waals surface area contributed by atoms with Crippen molar-refractivity contribution in [3.8, 4) is 0 Å². The standard InChI is InChI=1S/C24H26ClN3O3/c1-2-16-7-11-18(12-8-16)26-22(29)15-21-23(30)28(20-13-9-17(25)10-14-20)24(31)27(21)19-5-3-4-6-19/h7-14,19,21H,2-6,15H2,1H3,(H,26,29)/t21-/m1/s1. The quantitative estimate of drug-likeness (QED) is 0.643. The van der Waals surface area contributed by atoms with Crippen LogP contribution in [-0.4, -0.2) is 34.8 Å². The van der Waals surface area contributed by atoms with Crippen LogP contribution in [-0.2, 0) is 16.0 Å². The van der Waals surface area contributed by atoms with Crippen LogP contribution in [0.2, 0.25) is 5.02 Å². The molecule has 4 rings (SSSR count). The van der Waals surface area contributed by atoms with Crippen LogP contribution in [0, 0.1) is 0 Å². The Bertz CT molecular complexity index is 969. The number of nitrogens with zero attached hydrogens (tertiary/aromatic N) is 2. The zero-order valence-electron chi connectivity index (χ0n) is 17.5. The van der Waals surface area contributed by atoms with Gasteiger partial charge >= 0.3 is 6.03 Å². The molecule has 4 amide bonds. The normalized spacial score (nSPS) is 19.4. The molecule has 7 heteroatoms. The highest BCUT2D eigenvalue weighted by molar-refractivity contribution is 6.30. The third kappa shape index (κ3) is 4.44. The van der Waals surface area contributed by atoms with Crippen molar-refractivity contribution < 1.29 is 14.4 Å². The largest absolute Gasteiger partial charge is 0.332 e. The van der Waals surface area contributed by atoms with Gasteiger partial charge in [-0.25, -0.2) is 9.69 Å². The number of benzene rings is 2. The van der Waals surface area contributed by atoms with E-state index in [4.69, 9.17) is 11.6 Å². The van der Waals surface area contributed by atoms with Gasteiger partial charge in [-0.3, -0.25) is 9.59 Å². The molecule has 1 atom stereocenters. The fourth-order valence-electron chi connectivity index (χ4n) is 4.43. The van der Waals surface area contributed by atoms with Gasteiger partial charge < -0.3 is 10.2 Å². The van der Waals surface area contributed by atoms with Crippen molar-refractivity contribution in [3.05, 3.63) is 59.1 Å². The zero-order valence-corrected chi connectivity index (χ0v) is 18.3. The molecule has 0 bridgehead atoms. The maximum absolute atomic E-state index is 13.3. The highest BCUT2D eigenvalue weighted by atomic mass is 35.5. The summed E-state index contributed by atoms with van der Waals surface area (Å²) in [5.74, 6) is -0.646. The van der Waals surface area contributed by atoms with Crippen molar-refractivity contribution in [1.29, 1.82) is 0 Å². The lowest BCUT2D eigenvalue weighted by Gasteiger charge is -2.27. The van der Waals surface area contributed by atoms with Crippen molar-refractivity contribution in [2.45, 2.75) is 57.5 Å². The minimum absolute atomic E-state index is 0.0182. The minimum atomic E-state index is -0.804. The molecule has 0 spiro atoms. The minimum Gasteiger partial charge on any atom is -0.326 e. The van der Waals surface area contributed by atoms with Gasteiger partial charge in [-0.2, -0.15) is 0 Å². The predicted octanol–water partition coefficient (Wildman–Crippen LogP) is 5.01. The topological polar surface area (TPSA) is 69.7 Å². The number of hydrogen-bond donors (Lipinski definition) is 1. The first-order chi connectivity index (χ1) is 15.0. The molecular formula is C24H26ClN3O3. The van der Waals surface area contributed by atoms with Gasteiger partial charge in [0.1, 0.15) is 6.04 Å². The fourth-order valence-corrected chi connectivity index (χ4v) is 4.56. The van der Waals surface area contributed by atoms with E-state index in [2.05, 4.69) is 12.2 Å². The summed E-state index contributed by atoms with van der Waals surface area (Å²) in [4.78, 5) is 42.2. The Morgan fingerprint density at radius 1 is 1.03 bits per heavy atom. The van der Waals surface area contributed by atoms with Crippen molar-refractivity contribution in [3.63, 3.8) is 0 Å². The first-order valence-corrected chi connectivity index (χ1v) is 11.2. The second-order valence-electron chi connectivity index (χ2n) is 8.10. The molecule has 1 saturated heterocycles. The summed E-state index contributed by atoms with van der Waals surface area (Å²) in [5.41, 5.74) is 2.34. The summed E-state index contributed by atoms with van der Waals surface area (Å²) < 4.78 is 0. The second-order valence-corrected chi connectivity index (χ2v) is 8.53. The Kier molecular flexibility index (Phi) is 6.28. The Labute approximate surface area is 187 Å². The molecule has 0 radical (unpaired) electrons. The zero-order chi connectivity index (χ0) is 22.0. The van der Waals surface area contributed by atoms with Crippen LogP contribution >= 0.6 is 11.6 Å². The first kappa shape index (κ1) is 21.4. The molecule has 0 aromatic heterocycles. The summed E-state index contributed by atoms with van der Waals surface area (Å²) in [5, 5.41) is 3.39. The number of urea groups is 1. The molecule has 2 aromatic rings. The monoisotopic (exact) mass is 439 g/mol. The van der Waals surface area contributed by atoms with Crippen LogP contribution in [0.25, 0.3) is 0 Å². The maximum atomic E-state index is 13.3. The number of imide groups is 1. The molecule has 2 aliphatic rings. The predicted molar refractivity (Wildman–Crippen MR) is 121 cm³/mol. The number of anilines is 2. The van der Waals surface area contributed by atoms with Gasteiger partial charge in [0, 0.05) is 16.8 Å². The molecule has 1 saturated carbocycles. The van der Waals surface area contributed by atoms with Gasteiger partial charge in [0.15, 0.2) is 0 Å². The van der Waals surface area contributed by atoms with E-state index in [1.165, 1.54) is 10.5 Å². The molecule has 31 heavy (non-hydrogen) atoms. The van der Waals surface area contributed by atoms with Gasteiger partial charge in [0.05, 0.1) is 12.1 Å². The number of amides is 4. The van der Waals surface area contributed by atoms with E-state index in [-0.39, 0.29) is 30.3 Å². The van der Waals surface area contributed by atoms with E-state index < -0.39 is 6.04 Å². The number of aryl methyl sites for hydroxylation is 1. The summed E-state index contributed by atoms with van der Waals surface area (Å²) in [6.07, 6.45) is 4.59. The molecule has 0 unspecified atom stereocenters. The third-order valence-corrected chi connectivity index (χ3v) is 6.33. The maximum Gasteiger partial charge on any atom is 0.332 e. The fraction of sp³-hybridized carbons (Fsp3) is 0.375. The first-order valence-electron chi connectivity index (χ1n) is 10.8. The lowest BCUT2D eigenvalue weighted by molar-refractivity contribution is -0.124. The van der Waals surface area contributed by atoms with Crippen LogP contribution < -0.4 is 10.2 Å². The van der Waals surface area contributed by atoms with Gasteiger partial charge in [0.25, 0.3) is 5.91 Å². The summed E-state index contributed by atoms with van der Waals surface area (Å²) >= 11 is 5.97. The highest BCUT2D eigenvalue weighted by Gasteiger charge is 2.49. The van der Waals surface area contributed by atoms with E-state index in [9.17, 15) is 14.4 Å². The molecule has 2 aromatic carbocycles. The molecule has 2 fully saturated rings. The number of rotatable bonds is 6. The van der Waals surface area contributed by atoms with E-state index in [0.717, 1.165) is 32.1 Å². The van der Waals surface area contributed by atoms with Gasteiger partial charge in [-0.1, -0.05) is 43.5 Å². The smallest absolute Gasteiger partial charge is 0.326 e. The summed E-state index contributed by atoms with van der Waals surface area (Å²) in [6.45, 7) is 2.07. The van der Waals surface area contributed by atoms with Crippen LogP contribution in [0.3, 0.4) is 0 Å². The third-order valence-electron chi connectivity index (χ3n) is 6.08. The molecule has 1 aliphatic carbocycles. The number of nitrogens with one attached hydrogen (secondary N) is 1. The average molecular weight is 440 g/mol.